The molecule has 1 aromatic heterocycles. The Hall–Kier alpha value is -2.36. The lowest BCUT2D eigenvalue weighted by atomic mass is 9.75. The molecule has 0 radical (unpaired) electrons. The summed E-state index contributed by atoms with van der Waals surface area (Å²) in [4.78, 5) is 37.1. The Morgan fingerprint density at radius 3 is 2.65 bits per heavy atom. The number of aryl methyl sites for hydroxylation is 1. The van der Waals surface area contributed by atoms with Crippen molar-refractivity contribution in [3.8, 4) is 6.07 Å². The van der Waals surface area contributed by atoms with Gasteiger partial charge in [-0.1, -0.05) is 27.2 Å². The molecule has 7 heteroatoms. The topological polar surface area (TPSA) is 94.1 Å². The Kier molecular flexibility index (Phi) is 6.41. The van der Waals surface area contributed by atoms with Gasteiger partial charge < -0.3 is 4.74 Å². The van der Waals surface area contributed by atoms with Gasteiger partial charge in [0.2, 0.25) is 0 Å². The van der Waals surface area contributed by atoms with E-state index in [1.165, 1.54) is 10.8 Å². The van der Waals surface area contributed by atoms with Crippen molar-refractivity contribution < 1.29 is 9.53 Å². The number of nitriles is 1. The summed E-state index contributed by atoms with van der Waals surface area (Å²) in [6, 6.07) is 1.77. The number of nitrogens with zero attached hydrogens (tertiary/aromatic N) is 3. The van der Waals surface area contributed by atoms with Gasteiger partial charge in [-0.25, -0.2) is 9.36 Å². The van der Waals surface area contributed by atoms with Crippen LogP contribution in [0, 0.1) is 29.1 Å². The molecule has 1 fully saturated rings. The van der Waals surface area contributed by atoms with Crippen LogP contribution in [0.15, 0.2) is 15.8 Å². The molecule has 1 aliphatic carbocycles. The highest BCUT2D eigenvalue weighted by molar-refractivity contribution is 5.69. The Labute approximate surface area is 153 Å². The molecular weight excluding hydrogens is 334 g/mol. The largest absolute Gasteiger partial charge is 0.461 e. The second-order valence-electron chi connectivity index (χ2n) is 7.47. The summed E-state index contributed by atoms with van der Waals surface area (Å²) in [7, 11) is 0. The molecule has 0 aliphatic heterocycles. The molecule has 1 saturated carbocycles. The minimum atomic E-state index is -0.753. The van der Waals surface area contributed by atoms with Crippen molar-refractivity contribution in [2.75, 3.05) is 0 Å². The summed E-state index contributed by atoms with van der Waals surface area (Å²) in [5, 5.41) is 9.08. The minimum Gasteiger partial charge on any atom is -0.461 e. The molecule has 2 rings (SSSR count). The lowest BCUT2D eigenvalue weighted by Crippen LogP contribution is -2.44. The third kappa shape index (κ3) is 4.24. The molecule has 7 nitrogen and oxygen atoms in total. The molecule has 0 saturated heterocycles. The van der Waals surface area contributed by atoms with Crippen LogP contribution < -0.4 is 11.2 Å². The Bertz CT molecular complexity index is 816. The van der Waals surface area contributed by atoms with Gasteiger partial charge in [0.1, 0.15) is 24.3 Å². The number of carbonyl (C=O) groups is 1. The summed E-state index contributed by atoms with van der Waals surface area (Å²) in [5.41, 5.74) is -1.52. The molecule has 3 unspecified atom stereocenters. The third-order valence-electron chi connectivity index (χ3n) is 5.23. The fourth-order valence-corrected chi connectivity index (χ4v) is 3.68. The van der Waals surface area contributed by atoms with Gasteiger partial charge in [-0.05, 0) is 37.5 Å². The van der Waals surface area contributed by atoms with Crippen LogP contribution in [0.4, 0.5) is 0 Å². The average Bonchev–Trinajstić information content (AvgIpc) is 2.58. The molecular formula is C19H27N3O4. The number of esters is 1. The first kappa shape index (κ1) is 20.0. The second-order valence-corrected chi connectivity index (χ2v) is 7.47. The Morgan fingerprint density at radius 2 is 2.08 bits per heavy atom. The lowest BCUT2D eigenvalue weighted by Gasteiger charge is -2.36. The molecule has 0 amide bonds. The molecule has 1 aromatic rings. The maximum absolute atomic E-state index is 12.4. The maximum Gasteiger partial charge on any atom is 0.331 e. The fourth-order valence-electron chi connectivity index (χ4n) is 3.68. The third-order valence-corrected chi connectivity index (χ3v) is 5.23. The first-order valence-electron chi connectivity index (χ1n) is 9.22. The minimum absolute atomic E-state index is 0.161. The molecule has 0 aromatic carbocycles. The fraction of sp³-hybridized carbons (Fsp3) is 0.684. The number of carbonyl (C=O) groups excluding carboxylic acids is 1. The van der Waals surface area contributed by atoms with E-state index in [4.69, 9.17) is 10.00 Å². The van der Waals surface area contributed by atoms with Crippen molar-refractivity contribution in [1.29, 1.82) is 5.26 Å². The van der Waals surface area contributed by atoms with E-state index in [2.05, 4.69) is 20.8 Å². The first-order valence-corrected chi connectivity index (χ1v) is 9.22. The molecule has 1 heterocycles. The predicted molar refractivity (Wildman–Crippen MR) is 96.6 cm³/mol. The SMILES string of the molecule is CCn1cc(C#N)c(=O)n(CC(=O)OC2CC(C)CCC2C(C)C)c1=O. The molecule has 1 aliphatic rings. The zero-order valence-corrected chi connectivity index (χ0v) is 15.9. The lowest BCUT2D eigenvalue weighted by molar-refractivity contribution is -0.156. The van der Waals surface area contributed by atoms with Crippen LogP contribution in [0.25, 0.3) is 0 Å². The van der Waals surface area contributed by atoms with Crippen LogP contribution in [0.5, 0.6) is 0 Å². The van der Waals surface area contributed by atoms with E-state index in [1.807, 2.05) is 0 Å². The standard InChI is InChI=1S/C19H27N3O4/c1-5-21-10-14(9-20)18(24)22(19(21)25)11-17(23)26-16-8-13(4)6-7-15(16)12(2)3/h10,12-13,15-16H,5-8,11H2,1-4H3. The maximum atomic E-state index is 12.4. The first-order chi connectivity index (χ1) is 12.3. The molecule has 0 bridgehead atoms. The number of rotatable bonds is 5. The van der Waals surface area contributed by atoms with E-state index in [0.29, 0.717) is 18.4 Å². The molecule has 0 N–H and O–H groups in total. The quantitative estimate of drug-likeness (QED) is 0.747. The van der Waals surface area contributed by atoms with E-state index in [0.717, 1.165) is 23.8 Å². The van der Waals surface area contributed by atoms with Crippen LogP contribution in [0.3, 0.4) is 0 Å². The van der Waals surface area contributed by atoms with Gasteiger partial charge in [0.25, 0.3) is 5.56 Å². The second kappa shape index (κ2) is 8.35. The monoisotopic (exact) mass is 361 g/mol. The van der Waals surface area contributed by atoms with Crippen molar-refractivity contribution in [1.82, 2.24) is 9.13 Å². The predicted octanol–water partition coefficient (Wildman–Crippen LogP) is 1.91. The smallest absolute Gasteiger partial charge is 0.331 e. The molecule has 3 atom stereocenters. The summed E-state index contributed by atoms with van der Waals surface area (Å²) in [5.74, 6) is 0.545. The van der Waals surface area contributed by atoms with Crippen molar-refractivity contribution in [2.45, 2.75) is 66.2 Å². The molecule has 0 spiro atoms. The van der Waals surface area contributed by atoms with Gasteiger partial charge in [0, 0.05) is 12.7 Å². The van der Waals surface area contributed by atoms with E-state index >= 15 is 0 Å². The summed E-state index contributed by atoms with van der Waals surface area (Å²) < 4.78 is 7.70. The number of hydrogen-bond acceptors (Lipinski definition) is 5. The van der Waals surface area contributed by atoms with Gasteiger partial charge >= 0.3 is 11.7 Å². The van der Waals surface area contributed by atoms with E-state index in [-0.39, 0.29) is 17.6 Å². The van der Waals surface area contributed by atoms with Crippen LogP contribution >= 0.6 is 0 Å². The number of hydrogen-bond donors (Lipinski definition) is 0. The van der Waals surface area contributed by atoms with Crippen LogP contribution in [-0.4, -0.2) is 21.2 Å². The molecule has 26 heavy (non-hydrogen) atoms. The van der Waals surface area contributed by atoms with Gasteiger partial charge in [-0.15, -0.1) is 0 Å². The summed E-state index contributed by atoms with van der Waals surface area (Å²) >= 11 is 0. The number of aromatic nitrogens is 2. The molecule has 142 valence electrons. The van der Waals surface area contributed by atoms with Gasteiger partial charge in [0.15, 0.2) is 0 Å². The zero-order valence-electron chi connectivity index (χ0n) is 15.9. The average molecular weight is 361 g/mol. The van der Waals surface area contributed by atoms with Crippen LogP contribution in [0.1, 0.15) is 52.5 Å². The summed E-state index contributed by atoms with van der Waals surface area (Å²) in [6.45, 7) is 7.93. The highest BCUT2D eigenvalue weighted by Crippen LogP contribution is 2.35. The highest BCUT2D eigenvalue weighted by Gasteiger charge is 2.33. The van der Waals surface area contributed by atoms with Crippen molar-refractivity contribution in [3.63, 3.8) is 0 Å². The van der Waals surface area contributed by atoms with Crippen LogP contribution in [0.2, 0.25) is 0 Å². The van der Waals surface area contributed by atoms with E-state index in [9.17, 15) is 14.4 Å². The normalized spacial score (nSPS) is 22.8. The van der Waals surface area contributed by atoms with Crippen molar-refractivity contribution in [2.24, 2.45) is 17.8 Å². The van der Waals surface area contributed by atoms with Gasteiger partial charge in [-0.2, -0.15) is 5.26 Å². The van der Waals surface area contributed by atoms with Crippen LogP contribution in [-0.2, 0) is 22.6 Å². The Balaban J connectivity index is 2.23. The van der Waals surface area contributed by atoms with Crippen molar-refractivity contribution in [3.05, 3.63) is 32.6 Å². The Morgan fingerprint density at radius 1 is 1.38 bits per heavy atom. The highest BCUT2D eigenvalue weighted by atomic mass is 16.5. The van der Waals surface area contributed by atoms with Gasteiger partial charge in [-0.3, -0.25) is 14.2 Å². The van der Waals surface area contributed by atoms with E-state index < -0.39 is 23.8 Å². The van der Waals surface area contributed by atoms with Gasteiger partial charge in [0.05, 0.1) is 0 Å². The van der Waals surface area contributed by atoms with E-state index in [1.54, 1.807) is 13.0 Å². The van der Waals surface area contributed by atoms with Crippen molar-refractivity contribution >= 4 is 5.97 Å². The zero-order chi connectivity index (χ0) is 19.4. The summed E-state index contributed by atoms with van der Waals surface area (Å²) in [6.07, 6.45) is 3.94. The number of ether oxygens (including phenoxy) is 1.